The summed E-state index contributed by atoms with van der Waals surface area (Å²) in [6.07, 6.45) is -1.90. The van der Waals surface area contributed by atoms with Gasteiger partial charge in [0.2, 0.25) is 11.8 Å². The summed E-state index contributed by atoms with van der Waals surface area (Å²) in [4.78, 5) is 18.6. The number of nitrogens with zero attached hydrogens (tertiary/aromatic N) is 4. The summed E-state index contributed by atoms with van der Waals surface area (Å²) >= 11 is 5.72. The van der Waals surface area contributed by atoms with Crippen molar-refractivity contribution >= 4 is 28.9 Å². The molecule has 1 aliphatic rings. The molecular formula is C23H21ClF3N5O4. The highest BCUT2D eigenvalue weighted by Crippen LogP contribution is 2.36. The Kier molecular flexibility index (Phi) is 7.29. The number of aliphatic hydroxyl groups is 2. The van der Waals surface area contributed by atoms with Gasteiger partial charge in [-0.05, 0) is 48.7 Å². The number of hydrogen-bond acceptors (Lipinski definition) is 7. The molecule has 0 fully saturated rings. The van der Waals surface area contributed by atoms with Gasteiger partial charge < -0.3 is 24.8 Å². The fraction of sp³-hybridized carbons (Fsp3) is 0.304. The summed E-state index contributed by atoms with van der Waals surface area (Å²) in [5.41, 5.74) is 2.25. The minimum absolute atomic E-state index is 0.0962. The van der Waals surface area contributed by atoms with Crippen LogP contribution in [0.25, 0.3) is 17.0 Å². The minimum atomic E-state index is -4.57. The molecule has 0 saturated heterocycles. The van der Waals surface area contributed by atoms with Gasteiger partial charge in [-0.25, -0.2) is 4.79 Å². The first-order valence-corrected chi connectivity index (χ1v) is 11.2. The van der Waals surface area contributed by atoms with Crippen LogP contribution in [0, 0.1) is 6.92 Å². The molecule has 0 aliphatic carbocycles. The number of pyridine rings is 1. The second-order valence-corrected chi connectivity index (χ2v) is 8.49. The number of amides is 2. The number of aliphatic hydroxyl groups excluding tert-OH is 2. The van der Waals surface area contributed by atoms with Gasteiger partial charge in [0.25, 0.3) is 0 Å². The lowest BCUT2D eigenvalue weighted by Gasteiger charge is -2.27. The van der Waals surface area contributed by atoms with Gasteiger partial charge in [0.1, 0.15) is 0 Å². The molecule has 3 N–H and O–H groups in total. The lowest BCUT2D eigenvalue weighted by Crippen LogP contribution is -2.38. The van der Waals surface area contributed by atoms with Crippen LogP contribution in [0.5, 0.6) is 0 Å². The van der Waals surface area contributed by atoms with E-state index < -0.39 is 35.5 Å². The Labute approximate surface area is 208 Å². The third-order valence-corrected chi connectivity index (χ3v) is 5.86. The number of rotatable bonds is 5. The molecule has 36 heavy (non-hydrogen) atoms. The van der Waals surface area contributed by atoms with Crippen molar-refractivity contribution in [1.29, 1.82) is 0 Å². The molecule has 3 heterocycles. The van der Waals surface area contributed by atoms with Crippen LogP contribution in [0.4, 0.5) is 23.7 Å². The third kappa shape index (κ3) is 5.50. The fourth-order valence-corrected chi connectivity index (χ4v) is 3.97. The number of alkyl halides is 3. The maximum atomic E-state index is 12.9. The van der Waals surface area contributed by atoms with E-state index in [1.165, 1.54) is 4.90 Å². The van der Waals surface area contributed by atoms with Crippen LogP contribution < -0.4 is 5.32 Å². The van der Waals surface area contributed by atoms with E-state index in [0.29, 0.717) is 18.5 Å². The third-order valence-electron chi connectivity index (χ3n) is 5.55. The standard InChI is InChI=1S/C23H21ClF3N5O4/c1-12-8-14(20-30-31-21(36-20)18(34)11-33)10-28-19(12)13-4-6-32(7-5-13)22(35)29-15-2-3-16(17(24)9-15)23(25,26)27/h2-4,8-10,18,33-34H,5-7,11H2,1H3,(H,29,35)/t18-/m1/s1. The fourth-order valence-electron chi connectivity index (χ4n) is 3.69. The molecule has 2 aromatic heterocycles. The maximum Gasteiger partial charge on any atom is 0.417 e. The quantitative estimate of drug-likeness (QED) is 0.451. The molecule has 1 atom stereocenters. The zero-order valence-electron chi connectivity index (χ0n) is 18.9. The molecule has 13 heteroatoms. The monoisotopic (exact) mass is 523 g/mol. The first-order chi connectivity index (χ1) is 17.1. The normalized spacial score (nSPS) is 15.0. The number of hydrogen-bond donors (Lipinski definition) is 3. The lowest BCUT2D eigenvalue weighted by atomic mass is 10.00. The van der Waals surface area contributed by atoms with Crippen LogP contribution in [0.1, 0.15) is 35.2 Å². The number of benzene rings is 1. The predicted molar refractivity (Wildman–Crippen MR) is 124 cm³/mol. The van der Waals surface area contributed by atoms with Crippen LogP contribution in [0.3, 0.4) is 0 Å². The summed E-state index contributed by atoms with van der Waals surface area (Å²) in [7, 11) is 0. The van der Waals surface area contributed by atoms with Crippen molar-refractivity contribution < 1.29 is 32.6 Å². The topological polar surface area (TPSA) is 125 Å². The highest BCUT2D eigenvalue weighted by molar-refractivity contribution is 6.31. The Balaban J connectivity index is 1.42. The molecule has 0 radical (unpaired) electrons. The van der Waals surface area contributed by atoms with E-state index in [1.54, 1.807) is 12.3 Å². The average molecular weight is 524 g/mol. The second kappa shape index (κ2) is 10.2. The van der Waals surface area contributed by atoms with E-state index in [4.69, 9.17) is 21.1 Å². The van der Waals surface area contributed by atoms with E-state index in [2.05, 4.69) is 20.5 Å². The van der Waals surface area contributed by atoms with Gasteiger partial charge in [-0.15, -0.1) is 10.2 Å². The molecule has 9 nitrogen and oxygen atoms in total. The summed E-state index contributed by atoms with van der Waals surface area (Å²) in [5.74, 6) is 0.0599. The Bertz CT molecular complexity index is 1310. The summed E-state index contributed by atoms with van der Waals surface area (Å²) in [5, 5.41) is 28.3. The van der Waals surface area contributed by atoms with Gasteiger partial charge >= 0.3 is 12.2 Å². The summed E-state index contributed by atoms with van der Waals surface area (Å²) in [6.45, 7) is 1.98. The molecule has 3 aromatic rings. The van der Waals surface area contributed by atoms with Crippen LogP contribution in [0.2, 0.25) is 5.02 Å². The van der Waals surface area contributed by atoms with Crippen molar-refractivity contribution in [1.82, 2.24) is 20.1 Å². The molecule has 2 amide bonds. The van der Waals surface area contributed by atoms with E-state index in [1.807, 2.05) is 13.0 Å². The van der Waals surface area contributed by atoms with Gasteiger partial charge in [-0.3, -0.25) is 4.98 Å². The first-order valence-electron chi connectivity index (χ1n) is 10.8. The van der Waals surface area contributed by atoms with Gasteiger partial charge in [0.05, 0.1) is 28.5 Å². The first kappa shape index (κ1) is 25.6. The van der Waals surface area contributed by atoms with Gasteiger partial charge in [-0.1, -0.05) is 17.7 Å². The van der Waals surface area contributed by atoms with E-state index >= 15 is 0 Å². The van der Waals surface area contributed by atoms with E-state index in [0.717, 1.165) is 35.0 Å². The Hall–Kier alpha value is -3.48. The zero-order valence-corrected chi connectivity index (χ0v) is 19.6. The SMILES string of the molecule is Cc1cc(-c2nnc([C@H](O)CO)o2)cnc1C1=CCN(C(=O)Nc2ccc(C(F)(F)F)c(Cl)c2)CC1. The van der Waals surface area contributed by atoms with Crippen molar-refractivity contribution in [2.75, 3.05) is 25.0 Å². The zero-order chi connectivity index (χ0) is 26.0. The predicted octanol–water partition coefficient (Wildman–Crippen LogP) is 4.46. The molecule has 1 aromatic carbocycles. The van der Waals surface area contributed by atoms with Gasteiger partial charge in [0.15, 0.2) is 6.10 Å². The molecular weight excluding hydrogens is 503 g/mol. The van der Waals surface area contributed by atoms with Crippen molar-refractivity contribution in [2.45, 2.75) is 25.6 Å². The molecule has 0 saturated carbocycles. The average Bonchev–Trinajstić information content (AvgIpc) is 3.33. The smallest absolute Gasteiger partial charge is 0.417 e. The number of aromatic nitrogens is 3. The van der Waals surface area contributed by atoms with Crippen LogP contribution in [-0.4, -0.2) is 56.0 Å². The number of urea groups is 1. The van der Waals surface area contributed by atoms with Crippen molar-refractivity contribution in [3.63, 3.8) is 0 Å². The molecule has 0 unspecified atom stereocenters. The van der Waals surface area contributed by atoms with Crippen LogP contribution in [-0.2, 0) is 6.18 Å². The number of nitrogens with one attached hydrogen (secondary N) is 1. The number of halogens is 4. The Morgan fingerprint density at radius 2 is 2.08 bits per heavy atom. The maximum absolute atomic E-state index is 12.9. The molecule has 1 aliphatic heterocycles. The second-order valence-electron chi connectivity index (χ2n) is 8.08. The number of anilines is 1. The molecule has 190 valence electrons. The molecule has 4 rings (SSSR count). The van der Waals surface area contributed by atoms with E-state index in [9.17, 15) is 23.1 Å². The number of carbonyl (C=O) groups excluding carboxylic acids is 1. The highest BCUT2D eigenvalue weighted by atomic mass is 35.5. The molecule has 0 bridgehead atoms. The number of aryl methyl sites for hydroxylation is 1. The van der Waals surface area contributed by atoms with Crippen molar-refractivity contribution in [3.05, 3.63) is 64.3 Å². The van der Waals surface area contributed by atoms with Gasteiger partial charge in [0, 0.05) is 25.0 Å². The van der Waals surface area contributed by atoms with Crippen molar-refractivity contribution in [3.8, 4) is 11.5 Å². The van der Waals surface area contributed by atoms with Crippen molar-refractivity contribution in [2.24, 2.45) is 0 Å². The minimum Gasteiger partial charge on any atom is -0.418 e. The largest absolute Gasteiger partial charge is 0.418 e. The van der Waals surface area contributed by atoms with Gasteiger partial charge in [-0.2, -0.15) is 13.2 Å². The summed E-state index contributed by atoms with van der Waals surface area (Å²) in [6, 6.07) is 4.40. The Morgan fingerprint density at radius 1 is 1.31 bits per heavy atom. The van der Waals surface area contributed by atoms with E-state index in [-0.39, 0.29) is 24.0 Å². The van der Waals surface area contributed by atoms with Crippen LogP contribution >= 0.6 is 11.6 Å². The lowest BCUT2D eigenvalue weighted by molar-refractivity contribution is -0.137. The highest BCUT2D eigenvalue weighted by Gasteiger charge is 2.33. The summed E-state index contributed by atoms with van der Waals surface area (Å²) < 4.78 is 44.0. The Morgan fingerprint density at radius 3 is 2.69 bits per heavy atom. The van der Waals surface area contributed by atoms with Crippen LogP contribution in [0.15, 0.2) is 41.0 Å². The molecule has 0 spiro atoms. The number of carbonyl (C=O) groups is 1.